The SMILES string of the molecule is CCOC(=O)N1CCN(S(=O)(=O)c2ccc(C(=O)N(/N=C/c3ccc(F)cc3)c3nc4ccc(C)cc4s3)cc2)CC1. The number of aryl methyl sites for hydroxylation is 1. The number of ether oxygens (including phenoxy) is 1. The average Bonchev–Trinajstić information content (AvgIpc) is 3.41. The molecule has 13 heteroatoms. The van der Waals surface area contributed by atoms with Gasteiger partial charge in [0.2, 0.25) is 15.2 Å². The Morgan fingerprint density at radius 2 is 1.74 bits per heavy atom. The molecule has 0 radical (unpaired) electrons. The van der Waals surface area contributed by atoms with Gasteiger partial charge in [-0.1, -0.05) is 29.5 Å². The standard InChI is InChI=1S/C29H28FN5O5S2/c1-3-40-29(37)33-14-16-34(17-15-33)42(38,39)24-11-7-22(8-12-24)27(36)35(31-19-21-5-9-23(30)10-6-21)28-32-25-13-4-20(2)18-26(25)41-28/h4-13,18-19H,3,14-17H2,1-2H3/b31-19+. The van der Waals surface area contributed by atoms with E-state index in [1.807, 2.05) is 25.1 Å². The molecule has 5 rings (SSSR count). The predicted molar refractivity (Wildman–Crippen MR) is 159 cm³/mol. The number of sulfonamides is 1. The lowest BCUT2D eigenvalue weighted by molar-refractivity contribution is 0.0933. The van der Waals surface area contributed by atoms with Crippen LogP contribution in [0.1, 0.15) is 28.4 Å². The molecule has 218 valence electrons. The van der Waals surface area contributed by atoms with Gasteiger partial charge in [0, 0.05) is 31.7 Å². The molecule has 1 aliphatic heterocycles. The van der Waals surface area contributed by atoms with Gasteiger partial charge in [-0.15, -0.1) is 0 Å². The molecule has 0 atom stereocenters. The molecule has 1 aromatic heterocycles. The number of nitrogens with zero attached hydrogens (tertiary/aromatic N) is 5. The van der Waals surface area contributed by atoms with Gasteiger partial charge in [-0.05, 0) is 73.5 Å². The van der Waals surface area contributed by atoms with E-state index in [1.54, 1.807) is 6.92 Å². The monoisotopic (exact) mass is 609 g/mol. The van der Waals surface area contributed by atoms with Gasteiger partial charge in [0.1, 0.15) is 5.82 Å². The Morgan fingerprint density at radius 1 is 1.05 bits per heavy atom. The summed E-state index contributed by atoms with van der Waals surface area (Å²) in [7, 11) is -3.85. The Hall–Kier alpha value is -4.20. The van der Waals surface area contributed by atoms with E-state index >= 15 is 0 Å². The average molecular weight is 610 g/mol. The van der Waals surface area contributed by atoms with Crippen LogP contribution in [0.5, 0.6) is 0 Å². The molecule has 10 nitrogen and oxygen atoms in total. The number of thiazole rings is 1. The molecule has 3 aromatic carbocycles. The largest absolute Gasteiger partial charge is 0.450 e. The summed E-state index contributed by atoms with van der Waals surface area (Å²) >= 11 is 1.29. The van der Waals surface area contributed by atoms with Crippen molar-refractivity contribution in [2.45, 2.75) is 18.7 Å². The van der Waals surface area contributed by atoms with E-state index in [1.165, 1.54) is 75.3 Å². The molecule has 2 heterocycles. The third kappa shape index (κ3) is 6.32. The van der Waals surface area contributed by atoms with Crippen LogP contribution in [0.3, 0.4) is 0 Å². The van der Waals surface area contributed by atoms with E-state index in [9.17, 15) is 22.4 Å². The predicted octanol–water partition coefficient (Wildman–Crippen LogP) is 4.89. The van der Waals surface area contributed by atoms with Crippen molar-refractivity contribution in [2.75, 3.05) is 37.8 Å². The first-order valence-corrected chi connectivity index (χ1v) is 15.4. The number of carbonyl (C=O) groups excluding carboxylic acids is 2. The lowest BCUT2D eigenvalue weighted by Crippen LogP contribution is -2.50. The molecule has 0 unspecified atom stereocenters. The number of aromatic nitrogens is 1. The molecule has 0 aliphatic carbocycles. The Labute approximate surface area is 246 Å². The first-order valence-electron chi connectivity index (χ1n) is 13.2. The summed E-state index contributed by atoms with van der Waals surface area (Å²) in [4.78, 5) is 31.7. The number of carbonyl (C=O) groups is 2. The lowest BCUT2D eigenvalue weighted by atomic mass is 10.2. The van der Waals surface area contributed by atoms with Crippen LogP contribution < -0.4 is 5.01 Å². The second-order valence-corrected chi connectivity index (χ2v) is 12.4. The van der Waals surface area contributed by atoms with Crippen molar-refractivity contribution in [3.8, 4) is 0 Å². The van der Waals surface area contributed by atoms with Crippen LogP contribution in [0.25, 0.3) is 10.2 Å². The molecule has 1 aliphatic rings. The van der Waals surface area contributed by atoms with Crippen LogP contribution in [-0.2, 0) is 14.8 Å². The first-order chi connectivity index (χ1) is 20.2. The van der Waals surface area contributed by atoms with E-state index in [2.05, 4.69) is 10.1 Å². The summed E-state index contributed by atoms with van der Waals surface area (Å²) in [5.74, 6) is -0.909. The van der Waals surface area contributed by atoms with Gasteiger partial charge in [-0.3, -0.25) is 4.79 Å². The van der Waals surface area contributed by atoms with Gasteiger partial charge in [-0.2, -0.15) is 14.4 Å². The molecule has 0 N–H and O–H groups in total. The quantitative estimate of drug-likeness (QED) is 0.218. The Morgan fingerprint density at radius 3 is 2.40 bits per heavy atom. The van der Waals surface area contributed by atoms with Gasteiger partial charge in [-0.25, -0.2) is 22.6 Å². The Kier molecular flexibility index (Phi) is 8.61. The number of anilines is 1. The van der Waals surface area contributed by atoms with Crippen LogP contribution in [0.15, 0.2) is 76.7 Å². The highest BCUT2D eigenvalue weighted by Crippen LogP contribution is 2.31. The third-order valence-electron chi connectivity index (χ3n) is 6.60. The van der Waals surface area contributed by atoms with Crippen LogP contribution in [0, 0.1) is 12.7 Å². The fraction of sp³-hybridized carbons (Fsp3) is 0.241. The number of hydrogen-bond acceptors (Lipinski definition) is 8. The lowest BCUT2D eigenvalue weighted by Gasteiger charge is -2.33. The van der Waals surface area contributed by atoms with Crippen LogP contribution in [-0.4, -0.2) is 73.6 Å². The number of amides is 2. The minimum Gasteiger partial charge on any atom is -0.450 e. The number of hydrogen-bond donors (Lipinski definition) is 0. The summed E-state index contributed by atoms with van der Waals surface area (Å²) < 4.78 is 47.1. The van der Waals surface area contributed by atoms with Gasteiger partial charge < -0.3 is 9.64 Å². The number of benzene rings is 3. The third-order valence-corrected chi connectivity index (χ3v) is 9.51. The highest BCUT2D eigenvalue weighted by Gasteiger charge is 2.31. The van der Waals surface area contributed by atoms with Crippen molar-refractivity contribution < 1.29 is 27.1 Å². The number of fused-ring (bicyclic) bond motifs is 1. The van der Waals surface area contributed by atoms with E-state index in [0.29, 0.717) is 16.2 Å². The maximum atomic E-state index is 13.7. The smallest absolute Gasteiger partial charge is 0.409 e. The second-order valence-electron chi connectivity index (χ2n) is 9.50. The summed E-state index contributed by atoms with van der Waals surface area (Å²) in [6.07, 6.45) is 0.969. The van der Waals surface area contributed by atoms with Gasteiger partial charge in [0.15, 0.2) is 0 Å². The molecule has 0 saturated carbocycles. The van der Waals surface area contributed by atoms with Crippen LogP contribution in [0.4, 0.5) is 14.3 Å². The molecule has 1 fully saturated rings. The normalized spacial score (nSPS) is 14.4. The highest BCUT2D eigenvalue weighted by molar-refractivity contribution is 7.89. The summed E-state index contributed by atoms with van der Waals surface area (Å²) in [6.45, 7) is 4.62. The fourth-order valence-corrected chi connectivity index (χ4v) is 6.78. The molecule has 2 amide bonds. The maximum Gasteiger partial charge on any atom is 0.409 e. The van der Waals surface area contributed by atoms with Crippen molar-refractivity contribution in [3.63, 3.8) is 0 Å². The Balaban J connectivity index is 1.38. The van der Waals surface area contributed by atoms with E-state index in [4.69, 9.17) is 4.74 Å². The number of hydrazone groups is 1. The van der Waals surface area contributed by atoms with Gasteiger partial charge in [0.05, 0.1) is 27.9 Å². The Bertz CT molecular complexity index is 1730. The maximum absolute atomic E-state index is 13.7. The van der Waals surface area contributed by atoms with Crippen molar-refractivity contribution >= 4 is 54.9 Å². The van der Waals surface area contributed by atoms with Crippen molar-refractivity contribution in [1.29, 1.82) is 0 Å². The minimum atomic E-state index is -3.85. The van der Waals surface area contributed by atoms with Crippen molar-refractivity contribution in [1.82, 2.24) is 14.2 Å². The zero-order chi connectivity index (χ0) is 29.9. The molecule has 4 aromatic rings. The minimum absolute atomic E-state index is 0.0282. The second kappa shape index (κ2) is 12.3. The summed E-state index contributed by atoms with van der Waals surface area (Å²) in [5, 5.41) is 5.87. The first kappa shape index (κ1) is 29.3. The number of halogens is 1. The van der Waals surface area contributed by atoms with Gasteiger partial charge in [0.25, 0.3) is 5.91 Å². The summed E-state index contributed by atoms with van der Waals surface area (Å²) in [5.41, 5.74) is 2.53. The highest BCUT2D eigenvalue weighted by atomic mass is 32.2. The van der Waals surface area contributed by atoms with E-state index in [-0.39, 0.29) is 43.2 Å². The van der Waals surface area contributed by atoms with E-state index in [0.717, 1.165) is 15.3 Å². The van der Waals surface area contributed by atoms with Crippen molar-refractivity contribution in [2.24, 2.45) is 5.10 Å². The van der Waals surface area contributed by atoms with Crippen molar-refractivity contribution in [3.05, 3.63) is 89.2 Å². The van der Waals surface area contributed by atoms with Crippen LogP contribution >= 0.6 is 11.3 Å². The topological polar surface area (TPSA) is 112 Å². The van der Waals surface area contributed by atoms with Crippen LogP contribution in [0.2, 0.25) is 0 Å². The molecular formula is C29H28FN5O5S2. The summed E-state index contributed by atoms with van der Waals surface area (Å²) in [6, 6.07) is 17.0. The zero-order valence-corrected chi connectivity index (χ0v) is 24.6. The van der Waals surface area contributed by atoms with E-state index < -0.39 is 27.8 Å². The molecule has 42 heavy (non-hydrogen) atoms. The zero-order valence-electron chi connectivity index (χ0n) is 22.9. The fourth-order valence-electron chi connectivity index (χ4n) is 4.34. The molecule has 0 spiro atoms. The number of piperazine rings is 1. The number of rotatable bonds is 7. The van der Waals surface area contributed by atoms with Gasteiger partial charge >= 0.3 is 6.09 Å². The molecular weight excluding hydrogens is 581 g/mol. The molecule has 1 saturated heterocycles. The molecule has 0 bridgehead atoms.